The molecule has 4 nitrogen and oxygen atoms in total. The van der Waals surface area contributed by atoms with Gasteiger partial charge in [0.05, 0.1) is 4.90 Å². The van der Waals surface area contributed by atoms with Gasteiger partial charge in [-0.15, -0.1) is 0 Å². The Morgan fingerprint density at radius 3 is 2.50 bits per heavy atom. The molecule has 1 fully saturated rings. The molecule has 0 bridgehead atoms. The van der Waals surface area contributed by atoms with Crippen LogP contribution < -0.4 is 10.0 Å². The van der Waals surface area contributed by atoms with Crippen molar-refractivity contribution in [1.82, 2.24) is 10.0 Å². The first-order valence-electron chi connectivity index (χ1n) is 7.04. The number of hydrogen-bond donors (Lipinski definition) is 2. The lowest BCUT2D eigenvalue weighted by atomic mass is 10.0. The highest BCUT2D eigenvalue weighted by atomic mass is 32.2. The molecule has 1 aliphatic carbocycles. The molecule has 5 heteroatoms. The highest BCUT2D eigenvalue weighted by Crippen LogP contribution is 2.39. The highest BCUT2D eigenvalue weighted by Gasteiger charge is 2.40. The summed E-state index contributed by atoms with van der Waals surface area (Å²) in [6, 6.07) is 5.31. The Kier molecular flexibility index (Phi) is 4.23. The van der Waals surface area contributed by atoms with Crippen molar-refractivity contribution in [2.75, 3.05) is 7.05 Å². The predicted octanol–water partition coefficient (Wildman–Crippen LogP) is 2.18. The van der Waals surface area contributed by atoms with Gasteiger partial charge in [0, 0.05) is 12.1 Å². The Labute approximate surface area is 122 Å². The Bertz CT molecular complexity index is 590. The summed E-state index contributed by atoms with van der Waals surface area (Å²) in [5.41, 5.74) is 1.74. The molecule has 112 valence electrons. The minimum absolute atomic E-state index is 0.349. The second-order valence-electron chi connectivity index (χ2n) is 6.22. The lowest BCUT2D eigenvalue weighted by Gasteiger charge is -2.26. The predicted molar refractivity (Wildman–Crippen MR) is 81.1 cm³/mol. The van der Waals surface area contributed by atoms with E-state index >= 15 is 0 Å². The molecule has 0 aromatic heterocycles. The summed E-state index contributed by atoms with van der Waals surface area (Å²) >= 11 is 0. The lowest BCUT2D eigenvalue weighted by Crippen LogP contribution is -2.45. The lowest BCUT2D eigenvalue weighted by molar-refractivity contribution is 0.400. The van der Waals surface area contributed by atoms with E-state index in [1.807, 2.05) is 33.9 Å². The smallest absolute Gasteiger partial charge is 0.241 e. The quantitative estimate of drug-likeness (QED) is 0.846. The number of nitrogens with one attached hydrogen (secondary N) is 2. The van der Waals surface area contributed by atoms with Crippen LogP contribution in [0.5, 0.6) is 0 Å². The van der Waals surface area contributed by atoms with Gasteiger partial charge in [-0.2, -0.15) is 0 Å². The first-order chi connectivity index (χ1) is 9.26. The summed E-state index contributed by atoms with van der Waals surface area (Å²) in [6.07, 6.45) is 2.21. The molecule has 0 spiro atoms. The summed E-state index contributed by atoms with van der Waals surface area (Å²) in [4.78, 5) is 0.349. The van der Waals surface area contributed by atoms with E-state index in [9.17, 15) is 8.42 Å². The van der Waals surface area contributed by atoms with Crippen molar-refractivity contribution in [2.24, 2.45) is 5.92 Å². The zero-order chi connectivity index (χ0) is 15.0. The number of benzene rings is 1. The maximum absolute atomic E-state index is 12.5. The molecule has 1 aromatic rings. The van der Waals surface area contributed by atoms with Crippen LogP contribution in [0.15, 0.2) is 23.1 Å². The van der Waals surface area contributed by atoms with Crippen LogP contribution in [0.2, 0.25) is 0 Å². The van der Waals surface area contributed by atoms with Gasteiger partial charge in [0.15, 0.2) is 0 Å². The number of aryl methyl sites for hydroxylation is 1. The fourth-order valence-electron chi connectivity index (χ4n) is 2.49. The van der Waals surface area contributed by atoms with Crippen LogP contribution >= 0.6 is 0 Å². The third-order valence-electron chi connectivity index (χ3n) is 3.99. The van der Waals surface area contributed by atoms with Gasteiger partial charge in [0.1, 0.15) is 0 Å². The van der Waals surface area contributed by atoms with Gasteiger partial charge < -0.3 is 5.32 Å². The third kappa shape index (κ3) is 3.40. The molecule has 0 unspecified atom stereocenters. The summed E-state index contributed by atoms with van der Waals surface area (Å²) in [5, 5.41) is 3.06. The van der Waals surface area contributed by atoms with Crippen molar-refractivity contribution < 1.29 is 8.42 Å². The molecule has 1 aliphatic rings. The third-order valence-corrected chi connectivity index (χ3v) is 5.66. The first-order valence-corrected chi connectivity index (χ1v) is 8.53. The van der Waals surface area contributed by atoms with E-state index in [1.54, 1.807) is 12.1 Å². The highest BCUT2D eigenvalue weighted by molar-refractivity contribution is 7.89. The maximum Gasteiger partial charge on any atom is 0.241 e. The Balaban J connectivity index is 2.27. The number of rotatable bonds is 6. The van der Waals surface area contributed by atoms with Crippen LogP contribution in [0.25, 0.3) is 0 Å². The molecule has 0 saturated heterocycles. The average molecular weight is 296 g/mol. The van der Waals surface area contributed by atoms with E-state index in [4.69, 9.17) is 0 Å². The van der Waals surface area contributed by atoms with Crippen LogP contribution in [0.4, 0.5) is 0 Å². The van der Waals surface area contributed by atoms with E-state index < -0.39 is 10.0 Å². The molecule has 20 heavy (non-hydrogen) atoms. The van der Waals surface area contributed by atoms with Gasteiger partial charge in [0.25, 0.3) is 0 Å². The summed E-state index contributed by atoms with van der Waals surface area (Å²) in [7, 11) is -1.60. The van der Waals surface area contributed by atoms with Crippen molar-refractivity contribution in [3.8, 4) is 0 Å². The molecule has 0 heterocycles. The van der Waals surface area contributed by atoms with Gasteiger partial charge in [-0.3, -0.25) is 0 Å². The fraction of sp³-hybridized carbons (Fsp3) is 0.600. The monoisotopic (exact) mass is 296 g/mol. The minimum atomic E-state index is -3.46. The second-order valence-corrected chi connectivity index (χ2v) is 7.90. The van der Waals surface area contributed by atoms with Crippen molar-refractivity contribution >= 4 is 10.0 Å². The SMILES string of the molecule is CNCc1cc(S(=O)(=O)NC(C)(C)C2CC2)ccc1C. The maximum atomic E-state index is 12.5. The molecule has 2 N–H and O–H groups in total. The molecule has 0 amide bonds. The van der Waals surface area contributed by atoms with Crippen LogP contribution in [0.3, 0.4) is 0 Å². The van der Waals surface area contributed by atoms with Gasteiger partial charge >= 0.3 is 0 Å². The van der Waals surface area contributed by atoms with Crippen molar-refractivity contribution in [3.63, 3.8) is 0 Å². The topological polar surface area (TPSA) is 58.2 Å². The van der Waals surface area contributed by atoms with Crippen molar-refractivity contribution in [1.29, 1.82) is 0 Å². The molecule has 1 aromatic carbocycles. The molecule has 1 saturated carbocycles. The Morgan fingerprint density at radius 2 is 1.95 bits per heavy atom. The molecule has 0 aliphatic heterocycles. The fourth-order valence-corrected chi connectivity index (χ4v) is 4.01. The van der Waals surface area contributed by atoms with Gasteiger partial charge in [-0.1, -0.05) is 6.07 Å². The largest absolute Gasteiger partial charge is 0.316 e. The van der Waals surface area contributed by atoms with E-state index in [2.05, 4.69) is 10.0 Å². The second kappa shape index (κ2) is 5.47. The molecular weight excluding hydrogens is 272 g/mol. The first kappa shape index (κ1) is 15.5. The molecule has 0 radical (unpaired) electrons. The normalized spacial score (nSPS) is 16.4. The van der Waals surface area contributed by atoms with E-state index in [1.165, 1.54) is 0 Å². The van der Waals surface area contributed by atoms with Crippen molar-refractivity contribution in [3.05, 3.63) is 29.3 Å². The Morgan fingerprint density at radius 1 is 1.30 bits per heavy atom. The van der Waals surface area contributed by atoms with E-state index in [0.717, 1.165) is 24.0 Å². The summed E-state index contributed by atoms with van der Waals surface area (Å²) in [5.74, 6) is 0.458. The number of sulfonamides is 1. The summed E-state index contributed by atoms with van der Waals surface area (Å²) in [6.45, 7) is 6.58. The molecular formula is C15H24N2O2S. The van der Waals surface area contributed by atoms with Gasteiger partial charge in [-0.25, -0.2) is 13.1 Å². The van der Waals surface area contributed by atoms with Gasteiger partial charge in [-0.05, 0) is 69.8 Å². The van der Waals surface area contributed by atoms with Crippen molar-refractivity contribution in [2.45, 2.75) is 50.6 Å². The van der Waals surface area contributed by atoms with Crippen LogP contribution in [0, 0.1) is 12.8 Å². The van der Waals surface area contributed by atoms with Crippen LogP contribution in [-0.2, 0) is 16.6 Å². The summed E-state index contributed by atoms with van der Waals surface area (Å²) < 4.78 is 27.9. The van der Waals surface area contributed by atoms with Gasteiger partial charge in [0.2, 0.25) is 10.0 Å². The standard InChI is InChI=1S/C15H24N2O2S/c1-11-5-8-14(9-12(11)10-16-4)20(18,19)17-15(2,3)13-6-7-13/h5,8-9,13,16-17H,6-7,10H2,1-4H3. The minimum Gasteiger partial charge on any atom is -0.316 e. The van der Waals surface area contributed by atoms with E-state index in [-0.39, 0.29) is 5.54 Å². The zero-order valence-electron chi connectivity index (χ0n) is 12.7. The average Bonchev–Trinajstić information content (AvgIpc) is 3.14. The number of hydrogen-bond acceptors (Lipinski definition) is 3. The Hall–Kier alpha value is -0.910. The molecule has 0 atom stereocenters. The zero-order valence-corrected chi connectivity index (χ0v) is 13.5. The van der Waals surface area contributed by atoms with Crippen LogP contribution in [0.1, 0.15) is 37.8 Å². The van der Waals surface area contributed by atoms with E-state index in [0.29, 0.717) is 17.4 Å². The van der Waals surface area contributed by atoms with Crippen LogP contribution in [-0.4, -0.2) is 21.0 Å². The molecule has 2 rings (SSSR count).